The van der Waals surface area contributed by atoms with Crippen LogP contribution in [0, 0.1) is 0 Å². The molecule has 1 heterocycles. The Labute approximate surface area is 72.1 Å². The zero-order valence-electron chi connectivity index (χ0n) is 7.10. The largest absolute Gasteiger partial charge is 0.391 e. The predicted octanol–water partition coefficient (Wildman–Crippen LogP) is 1.99. The van der Waals surface area contributed by atoms with Crippen LogP contribution in [0.1, 0.15) is 18.9 Å². The van der Waals surface area contributed by atoms with Gasteiger partial charge in [-0.25, -0.2) is 0 Å². The third-order valence-electron chi connectivity index (χ3n) is 1.31. The predicted molar refractivity (Wildman–Crippen MR) is 47.8 cm³/mol. The Morgan fingerprint density at radius 1 is 1.50 bits per heavy atom. The van der Waals surface area contributed by atoms with E-state index in [0.29, 0.717) is 6.61 Å². The van der Waals surface area contributed by atoms with E-state index in [1.807, 2.05) is 19.1 Å². The molecule has 0 N–H and O–H groups in total. The van der Waals surface area contributed by atoms with Crippen molar-refractivity contribution < 1.29 is 4.84 Å². The molecule has 1 aromatic heterocycles. The summed E-state index contributed by atoms with van der Waals surface area (Å²) in [5.74, 6) is 0. The van der Waals surface area contributed by atoms with E-state index in [1.54, 1.807) is 18.6 Å². The molecule has 64 valence electrons. The minimum Gasteiger partial charge on any atom is -0.391 e. The van der Waals surface area contributed by atoms with Crippen LogP contribution in [0.4, 0.5) is 0 Å². The Morgan fingerprint density at radius 3 is 2.92 bits per heavy atom. The SMILES string of the molecule is CC/C=N/OCc1ccncc1. The Hall–Kier alpha value is -1.38. The molecule has 0 aromatic carbocycles. The van der Waals surface area contributed by atoms with E-state index in [2.05, 4.69) is 10.1 Å². The maximum Gasteiger partial charge on any atom is 0.142 e. The number of nitrogens with zero attached hydrogens (tertiary/aromatic N) is 2. The number of pyridine rings is 1. The van der Waals surface area contributed by atoms with Crippen LogP contribution in [-0.2, 0) is 11.4 Å². The average Bonchev–Trinajstić information content (AvgIpc) is 2.14. The fraction of sp³-hybridized carbons (Fsp3) is 0.333. The molecule has 1 rings (SSSR count). The van der Waals surface area contributed by atoms with Gasteiger partial charge in [-0.2, -0.15) is 0 Å². The zero-order chi connectivity index (χ0) is 8.65. The van der Waals surface area contributed by atoms with Crippen LogP contribution in [0.3, 0.4) is 0 Å². The van der Waals surface area contributed by atoms with E-state index < -0.39 is 0 Å². The van der Waals surface area contributed by atoms with Crippen LogP contribution in [-0.4, -0.2) is 11.2 Å². The molecule has 0 amide bonds. The maximum absolute atomic E-state index is 5.00. The fourth-order valence-corrected chi connectivity index (χ4v) is 0.718. The third-order valence-corrected chi connectivity index (χ3v) is 1.31. The van der Waals surface area contributed by atoms with Crippen molar-refractivity contribution in [2.24, 2.45) is 5.16 Å². The molecule has 0 saturated carbocycles. The number of rotatable bonds is 4. The van der Waals surface area contributed by atoms with Crippen molar-refractivity contribution in [3.63, 3.8) is 0 Å². The zero-order valence-corrected chi connectivity index (χ0v) is 7.10. The van der Waals surface area contributed by atoms with E-state index in [1.165, 1.54) is 0 Å². The van der Waals surface area contributed by atoms with Gasteiger partial charge >= 0.3 is 0 Å². The van der Waals surface area contributed by atoms with Gasteiger partial charge in [-0.3, -0.25) is 4.98 Å². The minimum absolute atomic E-state index is 0.513. The Kier molecular flexibility index (Phi) is 3.84. The highest BCUT2D eigenvalue weighted by molar-refractivity contribution is 5.55. The Balaban J connectivity index is 2.29. The summed E-state index contributed by atoms with van der Waals surface area (Å²) < 4.78 is 0. The van der Waals surface area contributed by atoms with Gasteiger partial charge in [-0.05, 0) is 24.1 Å². The van der Waals surface area contributed by atoms with Gasteiger partial charge in [0.25, 0.3) is 0 Å². The summed E-state index contributed by atoms with van der Waals surface area (Å²) in [4.78, 5) is 8.90. The average molecular weight is 164 g/mol. The number of aromatic nitrogens is 1. The van der Waals surface area contributed by atoms with Crippen molar-refractivity contribution in [1.82, 2.24) is 4.98 Å². The van der Waals surface area contributed by atoms with Crippen LogP contribution in [0.25, 0.3) is 0 Å². The molecule has 0 fully saturated rings. The number of hydrogen-bond acceptors (Lipinski definition) is 3. The Bertz CT molecular complexity index is 234. The normalized spacial score (nSPS) is 10.4. The second-order valence-corrected chi connectivity index (χ2v) is 2.33. The summed E-state index contributed by atoms with van der Waals surface area (Å²) in [5.41, 5.74) is 1.08. The Morgan fingerprint density at radius 2 is 2.25 bits per heavy atom. The molecule has 12 heavy (non-hydrogen) atoms. The lowest BCUT2D eigenvalue weighted by Crippen LogP contribution is -1.86. The molecule has 3 heteroatoms. The highest BCUT2D eigenvalue weighted by atomic mass is 16.6. The van der Waals surface area contributed by atoms with E-state index in [9.17, 15) is 0 Å². The summed E-state index contributed by atoms with van der Waals surface area (Å²) in [7, 11) is 0. The minimum atomic E-state index is 0.513. The maximum atomic E-state index is 5.00. The first-order valence-corrected chi connectivity index (χ1v) is 3.96. The van der Waals surface area contributed by atoms with E-state index in [4.69, 9.17) is 4.84 Å². The van der Waals surface area contributed by atoms with Gasteiger partial charge in [0.2, 0.25) is 0 Å². The van der Waals surface area contributed by atoms with Crippen LogP contribution in [0.15, 0.2) is 29.7 Å². The number of hydrogen-bond donors (Lipinski definition) is 0. The monoisotopic (exact) mass is 164 g/mol. The van der Waals surface area contributed by atoms with Crippen molar-refractivity contribution in [3.05, 3.63) is 30.1 Å². The summed E-state index contributed by atoms with van der Waals surface area (Å²) in [5, 5.41) is 3.74. The smallest absolute Gasteiger partial charge is 0.142 e. The molecule has 0 atom stereocenters. The summed E-state index contributed by atoms with van der Waals surface area (Å²) in [6, 6.07) is 3.81. The van der Waals surface area contributed by atoms with Crippen molar-refractivity contribution in [2.45, 2.75) is 20.0 Å². The molecular weight excluding hydrogens is 152 g/mol. The summed E-state index contributed by atoms with van der Waals surface area (Å²) in [6.07, 6.45) is 6.11. The van der Waals surface area contributed by atoms with Crippen molar-refractivity contribution in [3.8, 4) is 0 Å². The van der Waals surface area contributed by atoms with Gasteiger partial charge in [0, 0.05) is 18.6 Å². The van der Waals surface area contributed by atoms with E-state index >= 15 is 0 Å². The molecule has 0 aliphatic carbocycles. The molecular formula is C9H12N2O. The summed E-state index contributed by atoms with van der Waals surface area (Å²) >= 11 is 0. The lowest BCUT2D eigenvalue weighted by Gasteiger charge is -1.97. The molecule has 0 spiro atoms. The van der Waals surface area contributed by atoms with E-state index in [-0.39, 0.29) is 0 Å². The van der Waals surface area contributed by atoms with Crippen molar-refractivity contribution in [1.29, 1.82) is 0 Å². The van der Waals surface area contributed by atoms with E-state index in [0.717, 1.165) is 12.0 Å². The molecule has 0 radical (unpaired) electrons. The molecule has 1 aromatic rings. The van der Waals surface area contributed by atoms with Crippen LogP contribution >= 0.6 is 0 Å². The van der Waals surface area contributed by atoms with Crippen molar-refractivity contribution in [2.75, 3.05) is 0 Å². The first kappa shape index (κ1) is 8.71. The van der Waals surface area contributed by atoms with Gasteiger partial charge in [-0.1, -0.05) is 12.1 Å². The van der Waals surface area contributed by atoms with Gasteiger partial charge in [0.1, 0.15) is 6.61 Å². The highest BCUT2D eigenvalue weighted by Crippen LogP contribution is 1.98. The van der Waals surface area contributed by atoms with Crippen LogP contribution in [0.5, 0.6) is 0 Å². The van der Waals surface area contributed by atoms with Gasteiger partial charge < -0.3 is 4.84 Å². The molecule has 0 unspecified atom stereocenters. The number of oxime groups is 1. The van der Waals surface area contributed by atoms with Crippen molar-refractivity contribution >= 4 is 6.21 Å². The topological polar surface area (TPSA) is 34.5 Å². The third kappa shape index (κ3) is 3.14. The van der Waals surface area contributed by atoms with Crippen LogP contribution < -0.4 is 0 Å². The lowest BCUT2D eigenvalue weighted by atomic mass is 10.3. The lowest BCUT2D eigenvalue weighted by molar-refractivity contribution is 0.131. The van der Waals surface area contributed by atoms with Gasteiger partial charge in [-0.15, -0.1) is 0 Å². The molecule has 0 saturated heterocycles. The molecule has 0 bridgehead atoms. The fourth-order valence-electron chi connectivity index (χ4n) is 0.718. The first-order chi connectivity index (χ1) is 5.93. The van der Waals surface area contributed by atoms with Crippen LogP contribution in [0.2, 0.25) is 0 Å². The molecule has 0 aliphatic heterocycles. The second kappa shape index (κ2) is 5.29. The summed E-state index contributed by atoms with van der Waals surface area (Å²) in [6.45, 7) is 2.53. The van der Waals surface area contributed by atoms with Gasteiger partial charge in [0.05, 0.1) is 0 Å². The quantitative estimate of drug-likeness (QED) is 0.504. The highest BCUT2D eigenvalue weighted by Gasteiger charge is 1.88. The second-order valence-electron chi connectivity index (χ2n) is 2.33. The molecule has 0 aliphatic rings. The van der Waals surface area contributed by atoms with Gasteiger partial charge in [0.15, 0.2) is 0 Å². The standard InChI is InChI=1S/C9H12N2O/c1-2-5-11-12-8-9-3-6-10-7-4-9/h3-7H,2,8H2,1H3/b11-5+. The first-order valence-electron chi connectivity index (χ1n) is 3.96. The molecule has 3 nitrogen and oxygen atoms in total.